The zero-order valence-corrected chi connectivity index (χ0v) is 13.6. The number of hydrogen-bond donors (Lipinski definition) is 2. The Morgan fingerprint density at radius 2 is 2.10 bits per heavy atom. The van der Waals surface area contributed by atoms with Crippen molar-refractivity contribution in [3.8, 4) is 0 Å². The van der Waals surface area contributed by atoms with Gasteiger partial charge in [0.25, 0.3) is 10.0 Å². The van der Waals surface area contributed by atoms with E-state index in [0.717, 1.165) is 12.8 Å². The van der Waals surface area contributed by atoms with Crippen LogP contribution in [0.25, 0.3) is 0 Å². The number of nitrogens with zero attached hydrogens (tertiary/aromatic N) is 2. The van der Waals surface area contributed by atoms with E-state index in [1.165, 1.54) is 0 Å². The number of nitrogens with two attached hydrogens (primary N) is 1. The Kier molecular flexibility index (Phi) is 5.73. The van der Waals surface area contributed by atoms with Gasteiger partial charge >= 0.3 is 0 Å². The molecule has 0 aliphatic heterocycles. The second-order valence-corrected chi connectivity index (χ2v) is 7.51. The lowest BCUT2D eigenvalue weighted by atomic mass is 9.88. The highest BCUT2D eigenvalue weighted by atomic mass is 32.2. The Morgan fingerprint density at radius 3 is 2.60 bits per heavy atom. The molecule has 0 fully saturated rings. The Bertz CT molecular complexity index is 535. The van der Waals surface area contributed by atoms with E-state index in [1.54, 1.807) is 13.1 Å². The predicted molar refractivity (Wildman–Crippen MR) is 79.9 cm³/mol. The van der Waals surface area contributed by atoms with Crippen molar-refractivity contribution in [3.63, 3.8) is 0 Å². The van der Waals surface area contributed by atoms with Gasteiger partial charge in [0, 0.05) is 19.3 Å². The van der Waals surface area contributed by atoms with Crippen LogP contribution in [0.4, 0.5) is 0 Å². The SMILES string of the molecule is CCn1cc(S(=O)(=O)NCC(C)(C)CCCN)nc1C. The zero-order chi connectivity index (χ0) is 15.4. The average Bonchev–Trinajstić information content (AvgIpc) is 2.76. The van der Waals surface area contributed by atoms with E-state index in [1.807, 2.05) is 25.3 Å². The number of imidazole rings is 1. The molecule has 1 rings (SSSR count). The van der Waals surface area contributed by atoms with Crippen LogP contribution in [0.3, 0.4) is 0 Å². The van der Waals surface area contributed by atoms with Crippen LogP contribution >= 0.6 is 0 Å². The summed E-state index contributed by atoms with van der Waals surface area (Å²) in [6, 6.07) is 0. The molecule has 1 heterocycles. The van der Waals surface area contributed by atoms with Crippen molar-refractivity contribution in [2.24, 2.45) is 11.1 Å². The van der Waals surface area contributed by atoms with Gasteiger partial charge in [-0.15, -0.1) is 0 Å². The number of sulfonamides is 1. The van der Waals surface area contributed by atoms with Gasteiger partial charge in [0.1, 0.15) is 5.82 Å². The zero-order valence-electron chi connectivity index (χ0n) is 12.8. The summed E-state index contributed by atoms with van der Waals surface area (Å²) in [6.07, 6.45) is 3.34. The van der Waals surface area contributed by atoms with Crippen molar-refractivity contribution < 1.29 is 8.42 Å². The first-order chi connectivity index (χ1) is 9.22. The van der Waals surface area contributed by atoms with Crippen LogP contribution in [-0.2, 0) is 16.6 Å². The highest BCUT2D eigenvalue weighted by molar-refractivity contribution is 7.89. The summed E-state index contributed by atoms with van der Waals surface area (Å²) in [5, 5.41) is 0.0893. The molecule has 1 aromatic rings. The van der Waals surface area contributed by atoms with Crippen LogP contribution in [0, 0.1) is 12.3 Å². The van der Waals surface area contributed by atoms with Crippen molar-refractivity contribution in [3.05, 3.63) is 12.0 Å². The molecule has 3 N–H and O–H groups in total. The largest absolute Gasteiger partial charge is 0.334 e. The molecular formula is C13H26N4O2S. The molecule has 0 spiro atoms. The summed E-state index contributed by atoms with van der Waals surface area (Å²) in [5.74, 6) is 0.704. The minimum Gasteiger partial charge on any atom is -0.334 e. The van der Waals surface area contributed by atoms with Gasteiger partial charge in [0.2, 0.25) is 0 Å². The third-order valence-corrected chi connectivity index (χ3v) is 4.64. The first kappa shape index (κ1) is 17.1. The van der Waals surface area contributed by atoms with Gasteiger partial charge in [-0.05, 0) is 38.6 Å². The van der Waals surface area contributed by atoms with Gasteiger partial charge in [-0.2, -0.15) is 0 Å². The van der Waals surface area contributed by atoms with Crippen LogP contribution in [0.1, 0.15) is 39.4 Å². The minimum atomic E-state index is -3.54. The second kappa shape index (κ2) is 6.69. The lowest BCUT2D eigenvalue weighted by molar-refractivity contribution is 0.327. The Balaban J connectivity index is 2.74. The fourth-order valence-corrected chi connectivity index (χ4v) is 3.21. The smallest absolute Gasteiger partial charge is 0.259 e. The molecule has 0 amide bonds. The molecular weight excluding hydrogens is 276 g/mol. The first-order valence-corrected chi connectivity index (χ1v) is 8.43. The third-order valence-electron chi connectivity index (χ3n) is 3.37. The van der Waals surface area contributed by atoms with Gasteiger partial charge in [-0.3, -0.25) is 0 Å². The fourth-order valence-electron chi connectivity index (χ4n) is 1.96. The highest BCUT2D eigenvalue weighted by Gasteiger charge is 2.24. The molecule has 0 saturated heterocycles. The number of aromatic nitrogens is 2. The van der Waals surface area contributed by atoms with E-state index in [0.29, 0.717) is 25.5 Å². The predicted octanol–water partition coefficient (Wildman–Crippen LogP) is 1.25. The maximum Gasteiger partial charge on any atom is 0.259 e. The molecule has 0 bridgehead atoms. The van der Waals surface area contributed by atoms with E-state index in [4.69, 9.17) is 5.73 Å². The lowest BCUT2D eigenvalue weighted by Gasteiger charge is -2.24. The summed E-state index contributed by atoms with van der Waals surface area (Å²) in [6.45, 7) is 9.52. The maximum atomic E-state index is 12.2. The van der Waals surface area contributed by atoms with Crippen molar-refractivity contribution in [1.82, 2.24) is 14.3 Å². The normalized spacial score (nSPS) is 12.8. The number of nitrogens with one attached hydrogen (secondary N) is 1. The van der Waals surface area contributed by atoms with Crippen LogP contribution in [-0.4, -0.2) is 31.1 Å². The van der Waals surface area contributed by atoms with Crippen molar-refractivity contribution in [2.75, 3.05) is 13.1 Å². The minimum absolute atomic E-state index is 0.0893. The van der Waals surface area contributed by atoms with E-state index < -0.39 is 10.0 Å². The molecule has 0 aliphatic rings. The first-order valence-electron chi connectivity index (χ1n) is 6.95. The standard InChI is InChI=1S/C13H26N4O2S/c1-5-17-9-12(16-11(17)2)20(18,19)15-10-13(3,4)7-6-8-14/h9,15H,5-8,10,14H2,1-4H3. The van der Waals surface area contributed by atoms with Gasteiger partial charge in [0.05, 0.1) is 0 Å². The monoisotopic (exact) mass is 302 g/mol. The molecule has 0 atom stereocenters. The molecule has 0 aromatic carbocycles. The maximum absolute atomic E-state index is 12.2. The summed E-state index contributed by atoms with van der Waals surface area (Å²) in [4.78, 5) is 4.11. The summed E-state index contributed by atoms with van der Waals surface area (Å²) < 4.78 is 28.9. The topological polar surface area (TPSA) is 90.0 Å². The molecule has 0 radical (unpaired) electrons. The molecule has 116 valence electrons. The van der Waals surface area contributed by atoms with Crippen LogP contribution in [0.15, 0.2) is 11.2 Å². The molecule has 7 heteroatoms. The van der Waals surface area contributed by atoms with Crippen LogP contribution in [0.2, 0.25) is 0 Å². The van der Waals surface area contributed by atoms with Gasteiger partial charge in [-0.1, -0.05) is 13.8 Å². The molecule has 20 heavy (non-hydrogen) atoms. The van der Waals surface area contributed by atoms with Gasteiger partial charge < -0.3 is 10.3 Å². The third kappa shape index (κ3) is 4.57. The second-order valence-electron chi connectivity index (χ2n) is 5.79. The molecule has 0 aliphatic carbocycles. The fraction of sp³-hybridized carbons (Fsp3) is 0.769. The Hall–Kier alpha value is -0.920. The van der Waals surface area contributed by atoms with Crippen molar-refractivity contribution >= 4 is 10.0 Å². The lowest BCUT2D eigenvalue weighted by Crippen LogP contribution is -2.34. The molecule has 6 nitrogen and oxygen atoms in total. The van der Waals surface area contributed by atoms with Gasteiger partial charge in [0.15, 0.2) is 5.03 Å². The van der Waals surface area contributed by atoms with E-state index in [-0.39, 0.29) is 10.4 Å². The quantitative estimate of drug-likeness (QED) is 0.756. The highest BCUT2D eigenvalue weighted by Crippen LogP contribution is 2.21. The summed E-state index contributed by atoms with van der Waals surface area (Å²) >= 11 is 0. The number of rotatable bonds is 8. The van der Waals surface area contributed by atoms with Crippen molar-refractivity contribution in [1.29, 1.82) is 0 Å². The average molecular weight is 302 g/mol. The Labute approximate surface area is 121 Å². The Morgan fingerprint density at radius 1 is 1.45 bits per heavy atom. The van der Waals surface area contributed by atoms with E-state index in [9.17, 15) is 8.42 Å². The molecule has 0 saturated carbocycles. The van der Waals surface area contributed by atoms with E-state index >= 15 is 0 Å². The summed E-state index contributed by atoms with van der Waals surface area (Å²) in [5.41, 5.74) is 5.38. The van der Waals surface area contributed by atoms with E-state index in [2.05, 4.69) is 9.71 Å². The summed E-state index contributed by atoms with van der Waals surface area (Å²) in [7, 11) is -3.54. The number of aryl methyl sites for hydroxylation is 2. The van der Waals surface area contributed by atoms with Crippen LogP contribution in [0.5, 0.6) is 0 Å². The van der Waals surface area contributed by atoms with Gasteiger partial charge in [-0.25, -0.2) is 18.1 Å². The van der Waals surface area contributed by atoms with Crippen molar-refractivity contribution in [2.45, 2.75) is 52.1 Å². The van der Waals surface area contributed by atoms with Crippen LogP contribution < -0.4 is 10.5 Å². The molecule has 1 aromatic heterocycles. The molecule has 0 unspecified atom stereocenters. The number of hydrogen-bond acceptors (Lipinski definition) is 4.